The fourth-order valence-corrected chi connectivity index (χ4v) is 3.07. The first-order valence-corrected chi connectivity index (χ1v) is 9.54. The van der Waals surface area contributed by atoms with Crippen LogP contribution in [0.3, 0.4) is 0 Å². The van der Waals surface area contributed by atoms with Crippen molar-refractivity contribution in [2.75, 3.05) is 5.32 Å². The van der Waals surface area contributed by atoms with E-state index in [0.29, 0.717) is 11.1 Å². The molecule has 0 aliphatic rings. The predicted octanol–water partition coefficient (Wildman–Crippen LogP) is 4.27. The fraction of sp³-hybridized carbons (Fsp3) is 0.125. The summed E-state index contributed by atoms with van der Waals surface area (Å²) in [5.74, 6) is 2.20. The molecule has 32 heavy (non-hydrogen) atoms. The lowest BCUT2D eigenvalue weighted by Gasteiger charge is -2.30. The molecule has 1 aromatic heterocycles. The smallest absolute Gasteiger partial charge is 0.320 e. The van der Waals surface area contributed by atoms with Crippen molar-refractivity contribution in [3.05, 3.63) is 95.3 Å². The molecule has 3 N–H and O–H groups in total. The zero-order valence-corrected chi connectivity index (χ0v) is 17.0. The minimum atomic E-state index is -1.31. The number of nitrogens with zero attached hydrogens (tertiary/aromatic N) is 1. The number of halogens is 2. The van der Waals surface area contributed by atoms with Crippen LogP contribution in [-0.4, -0.2) is 22.1 Å². The second-order valence-electron chi connectivity index (χ2n) is 7.15. The van der Waals surface area contributed by atoms with Crippen LogP contribution in [0.25, 0.3) is 0 Å². The normalized spacial score (nSPS) is 12.1. The summed E-state index contributed by atoms with van der Waals surface area (Å²) in [6.45, 7) is 1.51. The SMILES string of the molecule is C[C@@](CC(=O)O)(NC(=O)Nc1c(F)cc(C#Cc2cccnc2)cc1F)c1ccccc1. The molecule has 0 radical (unpaired) electrons. The summed E-state index contributed by atoms with van der Waals surface area (Å²) in [6.07, 6.45) is 2.66. The Morgan fingerprint density at radius 2 is 1.69 bits per heavy atom. The molecule has 1 heterocycles. The molecule has 0 saturated carbocycles. The number of anilines is 1. The van der Waals surface area contributed by atoms with Crippen molar-refractivity contribution in [1.29, 1.82) is 0 Å². The molecule has 0 fully saturated rings. The van der Waals surface area contributed by atoms with Crippen molar-refractivity contribution in [2.45, 2.75) is 18.9 Å². The van der Waals surface area contributed by atoms with Gasteiger partial charge in [0.2, 0.25) is 0 Å². The van der Waals surface area contributed by atoms with Crippen LogP contribution in [0.5, 0.6) is 0 Å². The molecule has 0 aliphatic carbocycles. The van der Waals surface area contributed by atoms with E-state index in [1.54, 1.807) is 48.7 Å². The van der Waals surface area contributed by atoms with Gasteiger partial charge in [0.15, 0.2) is 11.6 Å². The Hall–Kier alpha value is -4.25. The number of carbonyl (C=O) groups excluding carboxylic acids is 1. The van der Waals surface area contributed by atoms with Gasteiger partial charge in [-0.1, -0.05) is 42.2 Å². The van der Waals surface area contributed by atoms with Crippen molar-refractivity contribution in [3.63, 3.8) is 0 Å². The number of carbonyl (C=O) groups is 2. The highest BCUT2D eigenvalue weighted by molar-refractivity contribution is 5.90. The third-order valence-corrected chi connectivity index (χ3v) is 4.60. The van der Waals surface area contributed by atoms with Crippen LogP contribution in [0.4, 0.5) is 19.3 Å². The molecule has 0 aliphatic heterocycles. The Morgan fingerprint density at radius 3 is 2.28 bits per heavy atom. The van der Waals surface area contributed by atoms with Gasteiger partial charge in [0.25, 0.3) is 0 Å². The van der Waals surface area contributed by atoms with Gasteiger partial charge < -0.3 is 15.7 Å². The zero-order valence-electron chi connectivity index (χ0n) is 17.0. The number of nitrogens with one attached hydrogen (secondary N) is 2. The lowest BCUT2D eigenvalue weighted by Crippen LogP contribution is -2.47. The molecule has 0 unspecified atom stereocenters. The highest BCUT2D eigenvalue weighted by atomic mass is 19.1. The Labute approximate surface area is 183 Å². The largest absolute Gasteiger partial charge is 0.481 e. The Balaban J connectivity index is 1.79. The maximum absolute atomic E-state index is 14.5. The summed E-state index contributed by atoms with van der Waals surface area (Å²) in [5.41, 5.74) is -0.790. The standard InChI is InChI=1S/C24H19F2N3O3/c1-24(14-21(30)31,18-7-3-2-4-8-18)29-23(32)28-22-19(25)12-17(13-20(22)26)10-9-16-6-5-11-27-15-16/h2-8,11-13,15H,14H2,1H3,(H,30,31)(H2,28,29,32)/t24-/m0/s1. The first-order valence-electron chi connectivity index (χ1n) is 9.54. The number of hydrogen-bond acceptors (Lipinski definition) is 3. The van der Waals surface area contributed by atoms with Gasteiger partial charge >= 0.3 is 12.0 Å². The first-order chi connectivity index (χ1) is 15.3. The summed E-state index contributed by atoms with van der Waals surface area (Å²) in [7, 11) is 0. The van der Waals surface area contributed by atoms with Crippen molar-refractivity contribution in [1.82, 2.24) is 10.3 Å². The third-order valence-electron chi connectivity index (χ3n) is 4.60. The summed E-state index contributed by atoms with van der Waals surface area (Å²) in [6, 6.07) is 12.9. The van der Waals surface area contributed by atoms with E-state index in [0.717, 1.165) is 12.1 Å². The van der Waals surface area contributed by atoms with Crippen LogP contribution in [0.15, 0.2) is 67.0 Å². The molecular formula is C24H19F2N3O3. The van der Waals surface area contributed by atoms with Gasteiger partial charge in [0.05, 0.1) is 12.0 Å². The van der Waals surface area contributed by atoms with E-state index in [1.807, 2.05) is 0 Å². The van der Waals surface area contributed by atoms with Gasteiger partial charge in [-0.3, -0.25) is 9.78 Å². The summed E-state index contributed by atoms with van der Waals surface area (Å²) < 4.78 is 29.0. The van der Waals surface area contributed by atoms with Crippen LogP contribution in [0.2, 0.25) is 0 Å². The molecule has 3 aromatic rings. The summed E-state index contributed by atoms with van der Waals surface area (Å²) in [4.78, 5) is 27.7. The second kappa shape index (κ2) is 9.71. The maximum Gasteiger partial charge on any atom is 0.320 e. The van der Waals surface area contributed by atoms with Crippen molar-refractivity contribution in [2.24, 2.45) is 0 Å². The second-order valence-corrected chi connectivity index (χ2v) is 7.15. The van der Waals surface area contributed by atoms with Gasteiger partial charge in [0.1, 0.15) is 5.69 Å². The van der Waals surface area contributed by atoms with E-state index in [1.165, 1.54) is 13.1 Å². The van der Waals surface area contributed by atoms with E-state index in [2.05, 4.69) is 27.5 Å². The Morgan fingerprint density at radius 1 is 1.03 bits per heavy atom. The highest BCUT2D eigenvalue weighted by Crippen LogP contribution is 2.26. The molecule has 0 saturated heterocycles. The number of aliphatic carboxylic acids is 1. The number of amides is 2. The van der Waals surface area contributed by atoms with Gasteiger partial charge in [-0.25, -0.2) is 13.6 Å². The lowest BCUT2D eigenvalue weighted by atomic mass is 9.88. The van der Waals surface area contributed by atoms with E-state index in [9.17, 15) is 23.5 Å². The van der Waals surface area contributed by atoms with Gasteiger partial charge in [-0.15, -0.1) is 0 Å². The Bertz CT molecular complexity index is 1170. The fourth-order valence-electron chi connectivity index (χ4n) is 3.07. The van der Waals surface area contributed by atoms with Gasteiger partial charge in [0, 0.05) is 23.5 Å². The van der Waals surface area contributed by atoms with Crippen molar-refractivity contribution >= 4 is 17.7 Å². The number of benzene rings is 2. The number of urea groups is 1. The highest BCUT2D eigenvalue weighted by Gasteiger charge is 2.32. The molecule has 162 valence electrons. The number of rotatable bonds is 5. The van der Waals surface area contributed by atoms with Crippen LogP contribution in [0.1, 0.15) is 30.0 Å². The molecule has 0 bridgehead atoms. The minimum absolute atomic E-state index is 0.0785. The zero-order chi connectivity index (χ0) is 23.1. The predicted molar refractivity (Wildman–Crippen MR) is 115 cm³/mol. The molecule has 2 amide bonds. The van der Waals surface area contributed by atoms with Crippen LogP contribution < -0.4 is 10.6 Å². The van der Waals surface area contributed by atoms with Gasteiger partial charge in [-0.2, -0.15) is 0 Å². The quantitative estimate of drug-likeness (QED) is 0.522. The monoisotopic (exact) mass is 435 g/mol. The molecule has 6 nitrogen and oxygen atoms in total. The van der Waals surface area contributed by atoms with E-state index in [-0.39, 0.29) is 5.56 Å². The molecule has 3 rings (SSSR count). The summed E-state index contributed by atoms with van der Waals surface area (Å²) in [5, 5.41) is 13.9. The molecule has 2 aromatic carbocycles. The molecule has 8 heteroatoms. The van der Waals surface area contributed by atoms with Crippen LogP contribution in [0, 0.1) is 23.5 Å². The van der Waals surface area contributed by atoms with Gasteiger partial charge in [-0.05, 0) is 36.8 Å². The van der Waals surface area contributed by atoms with Crippen LogP contribution in [-0.2, 0) is 10.3 Å². The average molecular weight is 435 g/mol. The summed E-state index contributed by atoms with van der Waals surface area (Å²) >= 11 is 0. The molecule has 0 spiro atoms. The number of hydrogen-bond donors (Lipinski definition) is 3. The Kier molecular flexibility index (Phi) is 6.80. The average Bonchev–Trinajstić information content (AvgIpc) is 2.75. The van der Waals surface area contributed by atoms with E-state index >= 15 is 0 Å². The number of carboxylic acids is 1. The number of pyridine rings is 1. The molecule has 1 atom stereocenters. The van der Waals surface area contributed by atoms with Crippen molar-refractivity contribution < 1.29 is 23.5 Å². The lowest BCUT2D eigenvalue weighted by molar-refractivity contribution is -0.138. The number of aromatic nitrogens is 1. The first kappa shape index (κ1) is 22.4. The minimum Gasteiger partial charge on any atom is -0.481 e. The van der Waals surface area contributed by atoms with Crippen LogP contribution >= 0.6 is 0 Å². The van der Waals surface area contributed by atoms with Crippen molar-refractivity contribution in [3.8, 4) is 11.8 Å². The number of carboxylic acid groups (broad SMARTS) is 1. The topological polar surface area (TPSA) is 91.3 Å². The maximum atomic E-state index is 14.5. The van der Waals surface area contributed by atoms with E-state index < -0.39 is 41.3 Å². The third kappa shape index (κ3) is 5.67. The van der Waals surface area contributed by atoms with E-state index in [4.69, 9.17) is 0 Å². The molecular weight excluding hydrogens is 416 g/mol.